The van der Waals surface area contributed by atoms with Crippen molar-refractivity contribution in [1.82, 2.24) is 4.98 Å². The quantitative estimate of drug-likeness (QED) is 0.665. The van der Waals surface area contributed by atoms with E-state index in [1.54, 1.807) is 30.3 Å². The molecule has 0 aliphatic carbocycles. The van der Waals surface area contributed by atoms with Crippen LogP contribution in [0.1, 0.15) is 10.4 Å². The maximum Gasteiger partial charge on any atom is 0.255 e. The lowest BCUT2D eigenvalue weighted by Gasteiger charge is -2.09. The Hall–Kier alpha value is -2.73. The Morgan fingerprint density at radius 1 is 1.00 bits per heavy atom. The monoisotopic (exact) mass is 385 g/mol. The summed E-state index contributed by atoms with van der Waals surface area (Å²) in [6, 6.07) is 16.6. The number of pyridine rings is 1. The normalized spacial score (nSPS) is 10.2. The molecule has 0 fully saturated rings. The first-order chi connectivity index (χ1) is 11.6. The molecule has 0 spiro atoms. The van der Waals surface area contributed by atoms with Crippen LogP contribution in [0.5, 0.6) is 0 Å². The number of hydrogen-bond acceptors (Lipinski definition) is 3. The third kappa shape index (κ3) is 4.17. The molecule has 3 aromatic rings. The van der Waals surface area contributed by atoms with Gasteiger partial charge in [0.25, 0.3) is 5.91 Å². The average molecular weight is 386 g/mol. The zero-order valence-electron chi connectivity index (χ0n) is 12.5. The Morgan fingerprint density at radius 2 is 1.79 bits per heavy atom. The van der Waals surface area contributed by atoms with Crippen LogP contribution < -0.4 is 10.6 Å². The number of carbonyl (C=O) groups is 1. The molecule has 2 N–H and O–H groups in total. The molecule has 4 nitrogen and oxygen atoms in total. The van der Waals surface area contributed by atoms with Gasteiger partial charge < -0.3 is 10.6 Å². The summed E-state index contributed by atoms with van der Waals surface area (Å²) in [6.07, 6.45) is 1.53. The van der Waals surface area contributed by atoms with Crippen molar-refractivity contribution in [2.45, 2.75) is 0 Å². The summed E-state index contributed by atoms with van der Waals surface area (Å²) < 4.78 is 14.1. The minimum absolute atomic E-state index is 0.252. The SMILES string of the molecule is O=C(Nc1cccc(Br)c1)c1ccnc(Nc2cccc(F)c2)c1. The van der Waals surface area contributed by atoms with Crippen LogP contribution in [0, 0.1) is 5.82 Å². The number of carbonyl (C=O) groups excluding carboxylic acids is 1. The van der Waals surface area contributed by atoms with Crippen molar-refractivity contribution in [3.05, 3.63) is 82.7 Å². The number of anilines is 3. The Morgan fingerprint density at radius 3 is 2.58 bits per heavy atom. The van der Waals surface area contributed by atoms with Gasteiger partial charge in [0.2, 0.25) is 0 Å². The largest absolute Gasteiger partial charge is 0.340 e. The summed E-state index contributed by atoms with van der Waals surface area (Å²) in [6.45, 7) is 0. The van der Waals surface area contributed by atoms with Crippen LogP contribution in [-0.4, -0.2) is 10.9 Å². The molecule has 1 heterocycles. The smallest absolute Gasteiger partial charge is 0.255 e. The molecule has 0 saturated carbocycles. The van der Waals surface area contributed by atoms with Crippen molar-refractivity contribution < 1.29 is 9.18 Å². The zero-order chi connectivity index (χ0) is 16.9. The number of rotatable bonds is 4. The molecular weight excluding hydrogens is 373 g/mol. The maximum absolute atomic E-state index is 13.2. The molecule has 1 aromatic heterocycles. The molecule has 6 heteroatoms. The highest BCUT2D eigenvalue weighted by atomic mass is 79.9. The molecule has 0 bridgehead atoms. The number of benzene rings is 2. The molecule has 0 unspecified atom stereocenters. The molecule has 0 atom stereocenters. The molecule has 0 radical (unpaired) electrons. The van der Waals surface area contributed by atoms with Crippen molar-refractivity contribution in [3.8, 4) is 0 Å². The molecule has 2 aromatic carbocycles. The topological polar surface area (TPSA) is 54.0 Å². The number of halogens is 2. The maximum atomic E-state index is 13.2. The second-order valence-electron chi connectivity index (χ2n) is 5.03. The van der Waals surface area contributed by atoms with Gasteiger partial charge in [-0.05, 0) is 48.5 Å². The zero-order valence-corrected chi connectivity index (χ0v) is 14.0. The van der Waals surface area contributed by atoms with Crippen LogP contribution in [-0.2, 0) is 0 Å². The minimum atomic E-state index is -0.344. The summed E-state index contributed by atoms with van der Waals surface area (Å²) >= 11 is 3.36. The summed E-state index contributed by atoms with van der Waals surface area (Å²) in [7, 11) is 0. The van der Waals surface area contributed by atoms with Crippen molar-refractivity contribution in [3.63, 3.8) is 0 Å². The number of nitrogens with one attached hydrogen (secondary N) is 2. The van der Waals surface area contributed by atoms with E-state index in [1.807, 2.05) is 18.2 Å². The van der Waals surface area contributed by atoms with Crippen LogP contribution in [0.2, 0.25) is 0 Å². The van der Waals surface area contributed by atoms with E-state index in [2.05, 4.69) is 31.5 Å². The molecule has 0 saturated heterocycles. The summed E-state index contributed by atoms with van der Waals surface area (Å²) in [5, 5.41) is 5.79. The number of aromatic nitrogens is 1. The lowest BCUT2D eigenvalue weighted by Crippen LogP contribution is -2.12. The fourth-order valence-electron chi connectivity index (χ4n) is 2.12. The van der Waals surface area contributed by atoms with E-state index in [0.717, 1.165) is 4.47 Å². The third-order valence-electron chi connectivity index (χ3n) is 3.20. The molecule has 0 aliphatic heterocycles. The van der Waals surface area contributed by atoms with Gasteiger partial charge >= 0.3 is 0 Å². The van der Waals surface area contributed by atoms with E-state index < -0.39 is 0 Å². The molecule has 120 valence electrons. The minimum Gasteiger partial charge on any atom is -0.340 e. The van der Waals surface area contributed by atoms with E-state index >= 15 is 0 Å². The highest BCUT2D eigenvalue weighted by Crippen LogP contribution is 2.19. The van der Waals surface area contributed by atoms with E-state index in [0.29, 0.717) is 22.8 Å². The van der Waals surface area contributed by atoms with Crippen molar-refractivity contribution in [1.29, 1.82) is 0 Å². The highest BCUT2D eigenvalue weighted by molar-refractivity contribution is 9.10. The van der Waals surface area contributed by atoms with Gasteiger partial charge in [0, 0.05) is 27.6 Å². The second-order valence-corrected chi connectivity index (χ2v) is 5.95. The summed E-state index contributed by atoms with van der Waals surface area (Å²) in [5.74, 6) is -0.135. The molecular formula is C18H13BrFN3O. The molecule has 0 aliphatic rings. The first kappa shape index (κ1) is 16.1. The van der Waals surface area contributed by atoms with Crippen molar-refractivity contribution in [2.75, 3.05) is 10.6 Å². The average Bonchev–Trinajstić information content (AvgIpc) is 2.55. The van der Waals surface area contributed by atoms with Crippen molar-refractivity contribution >= 4 is 39.0 Å². The number of hydrogen-bond donors (Lipinski definition) is 2. The van der Waals surface area contributed by atoms with Gasteiger partial charge in [-0.25, -0.2) is 9.37 Å². The van der Waals surface area contributed by atoms with Crippen LogP contribution in [0.4, 0.5) is 21.6 Å². The van der Waals surface area contributed by atoms with Gasteiger partial charge in [-0.2, -0.15) is 0 Å². The van der Waals surface area contributed by atoms with E-state index in [4.69, 9.17) is 0 Å². The fraction of sp³-hybridized carbons (Fsp3) is 0. The van der Waals surface area contributed by atoms with E-state index in [-0.39, 0.29) is 11.7 Å². The Bertz CT molecular complexity index is 885. The van der Waals surface area contributed by atoms with E-state index in [9.17, 15) is 9.18 Å². The van der Waals surface area contributed by atoms with Gasteiger partial charge in [-0.15, -0.1) is 0 Å². The van der Waals surface area contributed by atoms with Gasteiger partial charge in [-0.1, -0.05) is 28.1 Å². The molecule has 3 rings (SSSR count). The Kier molecular flexibility index (Phi) is 4.86. The van der Waals surface area contributed by atoms with Crippen LogP contribution >= 0.6 is 15.9 Å². The Labute approximate surface area is 146 Å². The number of amides is 1. The van der Waals surface area contributed by atoms with Crippen LogP contribution in [0.15, 0.2) is 71.3 Å². The predicted octanol–water partition coefficient (Wildman–Crippen LogP) is 4.98. The fourth-order valence-corrected chi connectivity index (χ4v) is 2.52. The van der Waals surface area contributed by atoms with E-state index in [1.165, 1.54) is 18.3 Å². The highest BCUT2D eigenvalue weighted by Gasteiger charge is 2.08. The predicted molar refractivity (Wildman–Crippen MR) is 96.0 cm³/mol. The lowest BCUT2D eigenvalue weighted by atomic mass is 10.2. The first-order valence-electron chi connectivity index (χ1n) is 7.16. The van der Waals surface area contributed by atoms with Crippen molar-refractivity contribution in [2.24, 2.45) is 0 Å². The lowest BCUT2D eigenvalue weighted by molar-refractivity contribution is 0.102. The number of nitrogens with zero attached hydrogens (tertiary/aromatic N) is 1. The summed E-state index contributed by atoms with van der Waals surface area (Å²) in [5.41, 5.74) is 1.70. The van der Waals surface area contributed by atoms with Gasteiger partial charge in [0.1, 0.15) is 11.6 Å². The summed E-state index contributed by atoms with van der Waals surface area (Å²) in [4.78, 5) is 16.5. The van der Waals surface area contributed by atoms with Gasteiger partial charge in [-0.3, -0.25) is 4.79 Å². The third-order valence-corrected chi connectivity index (χ3v) is 3.69. The van der Waals surface area contributed by atoms with Crippen LogP contribution in [0.3, 0.4) is 0 Å². The molecule has 1 amide bonds. The second kappa shape index (κ2) is 7.23. The Balaban J connectivity index is 1.76. The van der Waals surface area contributed by atoms with Gasteiger partial charge in [0.05, 0.1) is 0 Å². The molecule has 24 heavy (non-hydrogen) atoms. The standard InChI is InChI=1S/C18H13BrFN3O/c19-13-3-1-5-15(10-13)23-18(24)12-7-8-21-17(9-12)22-16-6-2-4-14(20)11-16/h1-11H,(H,21,22)(H,23,24). The first-order valence-corrected chi connectivity index (χ1v) is 7.95. The van der Waals surface area contributed by atoms with Crippen LogP contribution in [0.25, 0.3) is 0 Å². The van der Waals surface area contributed by atoms with Gasteiger partial charge in [0.15, 0.2) is 0 Å².